The summed E-state index contributed by atoms with van der Waals surface area (Å²) in [6.07, 6.45) is 2.37. The lowest BCUT2D eigenvalue weighted by atomic mass is 9.93. The van der Waals surface area contributed by atoms with Crippen LogP contribution in [0.15, 0.2) is 24.3 Å². The van der Waals surface area contributed by atoms with Crippen LogP contribution in [-0.2, 0) is 11.4 Å². The Morgan fingerprint density at radius 2 is 2.00 bits per heavy atom. The Balaban J connectivity index is 2.81. The average molecular weight is 193 g/mol. The molecule has 78 valence electrons. The molecule has 0 aliphatic heterocycles. The van der Waals surface area contributed by atoms with Gasteiger partial charge in [-0.2, -0.15) is 0 Å². The predicted octanol–water partition coefficient (Wildman–Crippen LogP) is 2.98. The van der Waals surface area contributed by atoms with E-state index >= 15 is 0 Å². The van der Waals surface area contributed by atoms with Crippen molar-refractivity contribution in [2.24, 2.45) is 5.90 Å². The van der Waals surface area contributed by atoms with Gasteiger partial charge in [-0.25, -0.2) is 5.90 Å². The van der Waals surface area contributed by atoms with Crippen LogP contribution in [0.1, 0.15) is 43.7 Å². The van der Waals surface area contributed by atoms with E-state index < -0.39 is 0 Å². The lowest BCUT2D eigenvalue weighted by molar-refractivity contribution is 0.124. The molecule has 1 aromatic rings. The molecule has 1 aromatic carbocycles. The van der Waals surface area contributed by atoms with Crippen LogP contribution in [-0.4, -0.2) is 0 Å². The van der Waals surface area contributed by atoms with Crippen molar-refractivity contribution >= 4 is 0 Å². The van der Waals surface area contributed by atoms with Crippen LogP contribution in [0.4, 0.5) is 0 Å². The summed E-state index contributed by atoms with van der Waals surface area (Å²) in [6, 6.07) is 8.48. The Kier molecular flexibility index (Phi) is 4.63. The summed E-state index contributed by atoms with van der Waals surface area (Å²) in [6.45, 7) is 4.94. The first-order valence-electron chi connectivity index (χ1n) is 5.22. The van der Waals surface area contributed by atoms with Crippen LogP contribution < -0.4 is 5.90 Å². The number of hydrogen-bond donors (Lipinski definition) is 1. The molecule has 0 saturated heterocycles. The molecule has 1 rings (SSSR count). The summed E-state index contributed by atoms with van der Waals surface area (Å²) in [4.78, 5) is 4.63. The zero-order valence-corrected chi connectivity index (χ0v) is 8.99. The molecule has 0 aliphatic carbocycles. The van der Waals surface area contributed by atoms with Crippen molar-refractivity contribution in [1.29, 1.82) is 0 Å². The Labute approximate surface area is 86.0 Å². The predicted molar refractivity (Wildman–Crippen MR) is 58.7 cm³/mol. The van der Waals surface area contributed by atoms with Gasteiger partial charge in [-0.1, -0.05) is 38.1 Å². The Morgan fingerprint density at radius 1 is 1.29 bits per heavy atom. The third-order valence-electron chi connectivity index (χ3n) is 2.66. The Bertz CT molecular complexity index is 269. The molecule has 0 radical (unpaired) electrons. The fourth-order valence-corrected chi connectivity index (χ4v) is 1.79. The molecule has 0 fully saturated rings. The maximum Gasteiger partial charge on any atom is 0.0930 e. The van der Waals surface area contributed by atoms with Crippen molar-refractivity contribution in [3.8, 4) is 0 Å². The maximum absolute atomic E-state index is 5.05. The van der Waals surface area contributed by atoms with Crippen molar-refractivity contribution in [2.45, 2.75) is 39.2 Å². The van der Waals surface area contributed by atoms with E-state index in [1.54, 1.807) is 0 Å². The number of hydrogen-bond acceptors (Lipinski definition) is 2. The molecule has 0 spiro atoms. The van der Waals surface area contributed by atoms with E-state index in [2.05, 4.69) is 36.9 Å². The summed E-state index contributed by atoms with van der Waals surface area (Å²) in [5.41, 5.74) is 2.54. The van der Waals surface area contributed by atoms with Crippen molar-refractivity contribution in [1.82, 2.24) is 0 Å². The van der Waals surface area contributed by atoms with Crippen molar-refractivity contribution in [3.63, 3.8) is 0 Å². The van der Waals surface area contributed by atoms with E-state index in [-0.39, 0.29) is 0 Å². The number of nitrogens with two attached hydrogens (primary N) is 1. The summed E-state index contributed by atoms with van der Waals surface area (Å²) >= 11 is 0. The first-order valence-corrected chi connectivity index (χ1v) is 5.22. The van der Waals surface area contributed by atoms with Gasteiger partial charge in [0, 0.05) is 0 Å². The van der Waals surface area contributed by atoms with E-state index in [1.807, 2.05) is 6.07 Å². The zero-order chi connectivity index (χ0) is 10.4. The van der Waals surface area contributed by atoms with Crippen LogP contribution in [0.3, 0.4) is 0 Å². The first-order chi connectivity index (χ1) is 6.81. The Morgan fingerprint density at radius 3 is 2.57 bits per heavy atom. The van der Waals surface area contributed by atoms with Crippen LogP contribution in [0.25, 0.3) is 0 Å². The van der Waals surface area contributed by atoms with E-state index in [4.69, 9.17) is 5.90 Å². The van der Waals surface area contributed by atoms with E-state index in [0.717, 1.165) is 5.56 Å². The molecule has 14 heavy (non-hydrogen) atoms. The highest BCUT2D eigenvalue weighted by molar-refractivity contribution is 5.25. The molecule has 2 heteroatoms. The van der Waals surface area contributed by atoms with Crippen LogP contribution in [0.2, 0.25) is 0 Å². The third-order valence-corrected chi connectivity index (χ3v) is 2.66. The molecule has 0 aromatic heterocycles. The summed E-state index contributed by atoms with van der Waals surface area (Å²) in [5.74, 6) is 5.71. The molecule has 0 unspecified atom stereocenters. The highest BCUT2D eigenvalue weighted by Crippen LogP contribution is 2.23. The van der Waals surface area contributed by atoms with E-state index in [1.165, 1.54) is 18.4 Å². The molecule has 2 nitrogen and oxygen atoms in total. The fraction of sp³-hybridized carbons (Fsp3) is 0.500. The van der Waals surface area contributed by atoms with Gasteiger partial charge < -0.3 is 0 Å². The van der Waals surface area contributed by atoms with Gasteiger partial charge in [0.05, 0.1) is 6.61 Å². The van der Waals surface area contributed by atoms with Gasteiger partial charge in [0.2, 0.25) is 0 Å². The second-order valence-corrected chi connectivity index (χ2v) is 3.57. The van der Waals surface area contributed by atoms with Crippen LogP contribution >= 0.6 is 0 Å². The van der Waals surface area contributed by atoms with Crippen LogP contribution in [0.5, 0.6) is 0 Å². The van der Waals surface area contributed by atoms with Crippen molar-refractivity contribution in [2.75, 3.05) is 0 Å². The molecular formula is C12H19NO. The number of benzene rings is 1. The summed E-state index contributed by atoms with van der Waals surface area (Å²) in [7, 11) is 0. The van der Waals surface area contributed by atoms with E-state index in [9.17, 15) is 0 Å². The summed E-state index contributed by atoms with van der Waals surface area (Å²) < 4.78 is 0. The Hall–Kier alpha value is -0.860. The molecule has 0 atom stereocenters. The quantitative estimate of drug-likeness (QED) is 0.730. The van der Waals surface area contributed by atoms with Crippen molar-refractivity contribution in [3.05, 3.63) is 35.4 Å². The highest BCUT2D eigenvalue weighted by Gasteiger charge is 2.06. The molecule has 0 heterocycles. The second kappa shape index (κ2) is 5.78. The number of rotatable bonds is 5. The molecule has 0 aliphatic rings. The smallest absolute Gasteiger partial charge is 0.0930 e. The molecule has 0 bridgehead atoms. The minimum atomic E-state index is 0.494. The van der Waals surface area contributed by atoms with Gasteiger partial charge in [-0.3, -0.25) is 4.84 Å². The van der Waals surface area contributed by atoms with Gasteiger partial charge in [0.15, 0.2) is 0 Å². The van der Waals surface area contributed by atoms with Gasteiger partial charge in [-0.05, 0) is 29.9 Å². The first kappa shape index (κ1) is 11.2. The standard InChI is InChI=1S/C12H19NO/c1-3-11(4-2)12-7-5-6-10(8-12)9-14-13/h5-8,11H,3-4,9,13H2,1-2H3. The van der Waals surface area contributed by atoms with E-state index in [0.29, 0.717) is 12.5 Å². The SMILES string of the molecule is CCC(CC)c1cccc(CON)c1. The fourth-order valence-electron chi connectivity index (χ4n) is 1.79. The second-order valence-electron chi connectivity index (χ2n) is 3.57. The van der Waals surface area contributed by atoms with Gasteiger partial charge in [-0.15, -0.1) is 0 Å². The minimum absolute atomic E-state index is 0.494. The average Bonchev–Trinajstić information content (AvgIpc) is 2.21. The normalized spacial score (nSPS) is 10.9. The lowest BCUT2D eigenvalue weighted by Crippen LogP contribution is -2.01. The van der Waals surface area contributed by atoms with Gasteiger partial charge in [0.25, 0.3) is 0 Å². The molecular weight excluding hydrogens is 174 g/mol. The van der Waals surface area contributed by atoms with Gasteiger partial charge >= 0.3 is 0 Å². The molecule has 0 saturated carbocycles. The van der Waals surface area contributed by atoms with Crippen molar-refractivity contribution < 1.29 is 4.84 Å². The maximum atomic E-state index is 5.05. The largest absolute Gasteiger partial charge is 0.300 e. The third kappa shape index (κ3) is 2.82. The zero-order valence-electron chi connectivity index (χ0n) is 8.99. The minimum Gasteiger partial charge on any atom is -0.300 e. The topological polar surface area (TPSA) is 35.2 Å². The summed E-state index contributed by atoms with van der Waals surface area (Å²) in [5, 5.41) is 0. The molecule has 0 amide bonds. The highest BCUT2D eigenvalue weighted by atomic mass is 16.6. The van der Waals surface area contributed by atoms with Gasteiger partial charge in [0.1, 0.15) is 0 Å². The monoisotopic (exact) mass is 193 g/mol. The molecule has 2 N–H and O–H groups in total. The lowest BCUT2D eigenvalue weighted by Gasteiger charge is -2.13. The van der Waals surface area contributed by atoms with Crippen LogP contribution in [0, 0.1) is 0 Å².